The fourth-order valence-corrected chi connectivity index (χ4v) is 1.47. The van der Waals surface area contributed by atoms with Gasteiger partial charge in [0.15, 0.2) is 17.1 Å². The van der Waals surface area contributed by atoms with Gasteiger partial charge in [-0.3, -0.25) is 0 Å². The Bertz CT molecular complexity index is 680. The van der Waals surface area contributed by atoms with Crippen LogP contribution in [0.1, 0.15) is 6.92 Å². The highest BCUT2D eigenvalue weighted by atomic mass is 19.3. The van der Waals surface area contributed by atoms with Gasteiger partial charge in [0, 0.05) is 11.8 Å². The maximum atomic E-state index is 12.3. The van der Waals surface area contributed by atoms with Crippen LogP contribution in [0, 0.1) is 34.0 Å². The number of anilines is 1. The van der Waals surface area contributed by atoms with E-state index in [1.807, 2.05) is 0 Å². The number of alkyl halides is 2. The monoisotopic (exact) mass is 304 g/mol. The predicted molar refractivity (Wildman–Crippen MR) is 71.7 cm³/mol. The molecule has 0 amide bonds. The number of rotatable bonds is 6. The highest BCUT2D eigenvalue weighted by Gasteiger charge is 2.13. The van der Waals surface area contributed by atoms with Crippen LogP contribution in [-0.2, 0) is 0 Å². The molecule has 1 aromatic rings. The van der Waals surface area contributed by atoms with Gasteiger partial charge in [-0.25, -0.2) is 0 Å². The van der Waals surface area contributed by atoms with Crippen molar-refractivity contribution in [2.24, 2.45) is 0 Å². The Kier molecular flexibility index (Phi) is 6.15. The average molecular weight is 304 g/mol. The molecule has 1 N–H and O–H groups in total. The highest BCUT2D eigenvalue weighted by molar-refractivity contribution is 5.62. The Labute approximate surface area is 125 Å². The van der Waals surface area contributed by atoms with Crippen molar-refractivity contribution >= 4 is 5.69 Å². The van der Waals surface area contributed by atoms with Gasteiger partial charge < -0.3 is 14.8 Å². The molecule has 0 aliphatic rings. The second kappa shape index (κ2) is 8.08. The maximum Gasteiger partial charge on any atom is 0.387 e. The van der Waals surface area contributed by atoms with Crippen LogP contribution < -0.4 is 14.8 Å². The molecule has 1 rings (SSSR count). The lowest BCUT2D eigenvalue weighted by molar-refractivity contribution is -0.0514. The van der Waals surface area contributed by atoms with Gasteiger partial charge in [0.2, 0.25) is 0 Å². The fraction of sp³-hybridized carbons (Fsp3) is 0.214. The number of hydrogen-bond acceptors (Lipinski definition) is 6. The Morgan fingerprint density at radius 2 is 1.86 bits per heavy atom. The van der Waals surface area contributed by atoms with Crippen LogP contribution in [0.5, 0.6) is 11.5 Å². The minimum atomic E-state index is -3.00. The average Bonchev–Trinajstić information content (AvgIpc) is 2.49. The number of nitrogens with zero attached hydrogens (tertiary/aromatic N) is 3. The molecule has 6 nitrogen and oxygen atoms in total. The predicted octanol–water partition coefficient (Wildman–Crippen LogP) is 2.92. The number of nitrogens with one attached hydrogen (secondary N) is 1. The Morgan fingerprint density at radius 3 is 2.36 bits per heavy atom. The summed E-state index contributed by atoms with van der Waals surface area (Å²) in [7, 11) is 0. The molecule has 112 valence electrons. The molecule has 22 heavy (non-hydrogen) atoms. The summed E-state index contributed by atoms with van der Waals surface area (Å²) in [5.41, 5.74) is -0.368. The minimum absolute atomic E-state index is 0.0422. The van der Waals surface area contributed by atoms with Crippen molar-refractivity contribution in [1.29, 1.82) is 15.8 Å². The van der Waals surface area contributed by atoms with Gasteiger partial charge >= 0.3 is 6.61 Å². The Hall–Kier alpha value is -3.31. The molecule has 0 bridgehead atoms. The number of halogens is 2. The molecule has 0 heterocycles. The number of allylic oxidation sites excluding steroid dienone is 2. The zero-order valence-electron chi connectivity index (χ0n) is 11.4. The van der Waals surface area contributed by atoms with Crippen LogP contribution in [0.15, 0.2) is 29.5 Å². The zero-order chi connectivity index (χ0) is 16.5. The smallest absolute Gasteiger partial charge is 0.387 e. The lowest BCUT2D eigenvalue weighted by atomic mass is 10.2. The molecule has 0 aliphatic heterocycles. The summed E-state index contributed by atoms with van der Waals surface area (Å²) in [6.07, 6.45) is 0. The summed E-state index contributed by atoms with van der Waals surface area (Å²) in [4.78, 5) is 0. The van der Waals surface area contributed by atoms with E-state index in [2.05, 4.69) is 10.1 Å². The largest absolute Gasteiger partial charge is 0.490 e. The van der Waals surface area contributed by atoms with E-state index >= 15 is 0 Å². The van der Waals surface area contributed by atoms with E-state index in [9.17, 15) is 8.78 Å². The molecule has 0 atom stereocenters. The molecule has 0 aromatic heterocycles. The first-order valence-electron chi connectivity index (χ1n) is 5.99. The molecular formula is C14H10F2N4O2. The van der Waals surface area contributed by atoms with Gasteiger partial charge in [0.05, 0.1) is 6.61 Å². The van der Waals surface area contributed by atoms with Gasteiger partial charge in [-0.15, -0.1) is 0 Å². The fourth-order valence-electron chi connectivity index (χ4n) is 1.47. The summed E-state index contributed by atoms with van der Waals surface area (Å²) in [6, 6.07) is 8.74. The van der Waals surface area contributed by atoms with E-state index < -0.39 is 12.2 Å². The van der Waals surface area contributed by atoms with Gasteiger partial charge in [0.1, 0.15) is 23.9 Å². The van der Waals surface area contributed by atoms with Crippen LogP contribution in [0.2, 0.25) is 0 Å². The zero-order valence-corrected chi connectivity index (χ0v) is 11.4. The first-order chi connectivity index (χ1) is 10.5. The van der Waals surface area contributed by atoms with Crippen molar-refractivity contribution in [2.45, 2.75) is 13.5 Å². The number of ether oxygens (including phenoxy) is 2. The van der Waals surface area contributed by atoms with E-state index in [0.29, 0.717) is 0 Å². The summed E-state index contributed by atoms with van der Waals surface area (Å²) in [6.45, 7) is -1.13. The third kappa shape index (κ3) is 4.36. The summed E-state index contributed by atoms with van der Waals surface area (Å²) in [5.74, 6) is -0.119. The first kappa shape index (κ1) is 16.7. The summed E-state index contributed by atoms with van der Waals surface area (Å²) >= 11 is 0. The van der Waals surface area contributed by atoms with E-state index in [-0.39, 0.29) is 29.5 Å². The summed E-state index contributed by atoms with van der Waals surface area (Å²) < 4.78 is 34.1. The van der Waals surface area contributed by atoms with Crippen LogP contribution in [-0.4, -0.2) is 13.2 Å². The minimum Gasteiger partial charge on any atom is -0.490 e. The van der Waals surface area contributed by atoms with E-state index in [4.69, 9.17) is 20.5 Å². The van der Waals surface area contributed by atoms with E-state index in [1.165, 1.54) is 18.2 Å². The molecule has 1 aromatic carbocycles. The Balaban J connectivity index is 3.15. The SMILES string of the molecule is CCOc1cc(NC(C#N)=C(C#N)C#N)ccc1OC(F)F. The second-order valence-electron chi connectivity index (χ2n) is 3.68. The van der Waals surface area contributed by atoms with Gasteiger partial charge in [-0.05, 0) is 19.1 Å². The normalized spacial score (nSPS) is 9.14. The highest BCUT2D eigenvalue weighted by Crippen LogP contribution is 2.32. The van der Waals surface area contributed by atoms with Crippen LogP contribution >= 0.6 is 0 Å². The molecule has 0 fully saturated rings. The van der Waals surface area contributed by atoms with Crippen LogP contribution in [0.4, 0.5) is 14.5 Å². The lowest BCUT2D eigenvalue weighted by Gasteiger charge is -2.13. The van der Waals surface area contributed by atoms with Crippen molar-refractivity contribution in [3.63, 3.8) is 0 Å². The molecule has 0 saturated carbocycles. The van der Waals surface area contributed by atoms with Crippen molar-refractivity contribution in [3.8, 4) is 29.7 Å². The van der Waals surface area contributed by atoms with E-state index in [1.54, 1.807) is 25.1 Å². The quantitative estimate of drug-likeness (QED) is 0.811. The molecule has 0 spiro atoms. The maximum absolute atomic E-state index is 12.3. The van der Waals surface area contributed by atoms with Crippen molar-refractivity contribution in [1.82, 2.24) is 0 Å². The summed E-state index contributed by atoms with van der Waals surface area (Å²) in [5, 5.41) is 29.0. The third-order valence-electron chi connectivity index (χ3n) is 2.31. The van der Waals surface area contributed by atoms with Crippen LogP contribution in [0.25, 0.3) is 0 Å². The molecule has 0 aliphatic carbocycles. The molecule has 0 saturated heterocycles. The topological polar surface area (TPSA) is 102 Å². The number of benzene rings is 1. The van der Waals surface area contributed by atoms with Gasteiger partial charge in [-0.2, -0.15) is 24.6 Å². The Morgan fingerprint density at radius 1 is 1.18 bits per heavy atom. The van der Waals surface area contributed by atoms with Crippen molar-refractivity contribution in [3.05, 3.63) is 29.5 Å². The lowest BCUT2D eigenvalue weighted by Crippen LogP contribution is -2.06. The standard InChI is InChI=1S/C14H10F2N4O2/c1-2-21-13-5-10(3-4-12(13)22-14(15)16)20-11(8-19)9(6-17)7-18/h3-5,14,20H,2H2,1H3. The molecular weight excluding hydrogens is 294 g/mol. The van der Waals surface area contributed by atoms with Crippen molar-refractivity contribution in [2.75, 3.05) is 11.9 Å². The third-order valence-corrected chi connectivity index (χ3v) is 2.31. The number of hydrogen-bond donors (Lipinski definition) is 1. The van der Waals surface area contributed by atoms with Gasteiger partial charge in [-0.1, -0.05) is 0 Å². The molecule has 8 heteroatoms. The van der Waals surface area contributed by atoms with Gasteiger partial charge in [0.25, 0.3) is 0 Å². The number of nitriles is 3. The van der Waals surface area contributed by atoms with Crippen molar-refractivity contribution < 1.29 is 18.3 Å². The second-order valence-corrected chi connectivity index (χ2v) is 3.68. The van der Waals surface area contributed by atoms with Crippen LogP contribution in [0.3, 0.4) is 0 Å². The first-order valence-corrected chi connectivity index (χ1v) is 5.99. The van der Waals surface area contributed by atoms with E-state index in [0.717, 1.165) is 0 Å². The molecule has 0 unspecified atom stereocenters. The molecule has 0 radical (unpaired) electrons.